The van der Waals surface area contributed by atoms with Crippen LogP contribution < -0.4 is 5.32 Å². The van der Waals surface area contributed by atoms with Gasteiger partial charge in [0.05, 0.1) is 5.56 Å². The lowest BCUT2D eigenvalue weighted by atomic mass is 9.88. The summed E-state index contributed by atoms with van der Waals surface area (Å²) in [6.45, 7) is 4.01. The third-order valence-electron chi connectivity index (χ3n) is 3.02. The molecule has 4 heteroatoms. The van der Waals surface area contributed by atoms with Crippen molar-refractivity contribution in [1.82, 2.24) is 0 Å². The molecule has 1 aromatic rings. The van der Waals surface area contributed by atoms with E-state index in [0.29, 0.717) is 6.04 Å². The van der Waals surface area contributed by atoms with E-state index in [0.717, 1.165) is 23.7 Å². The first-order valence-electron chi connectivity index (χ1n) is 5.35. The van der Waals surface area contributed by atoms with Crippen LogP contribution in [0.3, 0.4) is 0 Å². The minimum Gasteiger partial charge on any atom is -0.382 e. The summed E-state index contributed by atoms with van der Waals surface area (Å²) in [5, 5.41) is 3.20. The van der Waals surface area contributed by atoms with Crippen molar-refractivity contribution in [3.63, 3.8) is 0 Å². The Morgan fingerprint density at radius 2 is 1.94 bits per heavy atom. The Hall–Kier alpha value is -1.19. The van der Waals surface area contributed by atoms with E-state index in [1.54, 1.807) is 0 Å². The van der Waals surface area contributed by atoms with Crippen LogP contribution >= 0.6 is 0 Å². The van der Waals surface area contributed by atoms with Crippen molar-refractivity contribution in [3.8, 4) is 0 Å². The highest BCUT2D eigenvalue weighted by Crippen LogP contribution is 2.38. The number of fused-ring (bicyclic) bond motifs is 1. The zero-order valence-corrected chi connectivity index (χ0v) is 9.23. The normalized spacial score (nSPS) is 24.8. The van der Waals surface area contributed by atoms with Crippen molar-refractivity contribution < 1.29 is 13.2 Å². The predicted molar refractivity (Wildman–Crippen MR) is 57.6 cm³/mol. The topological polar surface area (TPSA) is 12.0 Å². The van der Waals surface area contributed by atoms with Crippen molar-refractivity contribution in [3.05, 3.63) is 29.3 Å². The van der Waals surface area contributed by atoms with Crippen molar-refractivity contribution in [2.45, 2.75) is 38.4 Å². The Bertz CT molecular complexity index is 398. The molecule has 2 atom stereocenters. The van der Waals surface area contributed by atoms with Crippen LogP contribution in [0.5, 0.6) is 0 Å². The molecule has 16 heavy (non-hydrogen) atoms. The van der Waals surface area contributed by atoms with Crippen LogP contribution in [0, 0.1) is 0 Å². The number of anilines is 1. The van der Waals surface area contributed by atoms with E-state index in [9.17, 15) is 13.2 Å². The summed E-state index contributed by atoms with van der Waals surface area (Å²) >= 11 is 0. The summed E-state index contributed by atoms with van der Waals surface area (Å²) in [6, 6.07) is 4.25. The monoisotopic (exact) mass is 229 g/mol. The molecule has 2 rings (SSSR count). The van der Waals surface area contributed by atoms with Gasteiger partial charge in [-0.3, -0.25) is 0 Å². The highest BCUT2D eigenvalue weighted by Gasteiger charge is 2.32. The number of hydrogen-bond donors (Lipinski definition) is 1. The molecular weight excluding hydrogens is 215 g/mol. The fourth-order valence-electron chi connectivity index (χ4n) is 2.26. The minimum absolute atomic E-state index is 0.175. The zero-order valence-electron chi connectivity index (χ0n) is 9.23. The summed E-state index contributed by atoms with van der Waals surface area (Å²) < 4.78 is 37.6. The molecule has 1 aromatic carbocycles. The van der Waals surface area contributed by atoms with Gasteiger partial charge in [0, 0.05) is 11.7 Å². The van der Waals surface area contributed by atoms with E-state index in [1.165, 1.54) is 12.1 Å². The second-order valence-corrected chi connectivity index (χ2v) is 4.48. The van der Waals surface area contributed by atoms with E-state index >= 15 is 0 Å². The van der Waals surface area contributed by atoms with Gasteiger partial charge in [-0.25, -0.2) is 0 Å². The molecule has 2 unspecified atom stereocenters. The Kier molecular flexibility index (Phi) is 2.60. The molecule has 0 saturated heterocycles. The third kappa shape index (κ3) is 2.01. The second kappa shape index (κ2) is 3.68. The predicted octanol–water partition coefficient (Wildman–Crippen LogP) is 4.01. The summed E-state index contributed by atoms with van der Waals surface area (Å²) in [7, 11) is 0. The van der Waals surface area contributed by atoms with Crippen molar-refractivity contribution >= 4 is 5.69 Å². The molecule has 1 nitrogen and oxygen atoms in total. The van der Waals surface area contributed by atoms with Crippen molar-refractivity contribution in [1.29, 1.82) is 0 Å². The summed E-state index contributed by atoms with van der Waals surface area (Å²) in [4.78, 5) is 0. The van der Waals surface area contributed by atoms with E-state index in [-0.39, 0.29) is 5.92 Å². The van der Waals surface area contributed by atoms with Crippen LogP contribution in [0.25, 0.3) is 0 Å². The fraction of sp³-hybridized carbons (Fsp3) is 0.500. The Morgan fingerprint density at radius 1 is 1.25 bits per heavy atom. The number of nitrogens with one attached hydrogen (secondary N) is 1. The maximum atomic E-state index is 12.5. The lowest BCUT2D eigenvalue weighted by molar-refractivity contribution is -0.137. The lowest BCUT2D eigenvalue weighted by Crippen LogP contribution is -2.24. The van der Waals surface area contributed by atoms with E-state index in [2.05, 4.69) is 5.32 Å². The first-order valence-corrected chi connectivity index (χ1v) is 5.35. The molecule has 0 aromatic heterocycles. The molecule has 1 N–H and O–H groups in total. The highest BCUT2D eigenvalue weighted by molar-refractivity contribution is 5.57. The van der Waals surface area contributed by atoms with Gasteiger partial charge in [0.15, 0.2) is 0 Å². The molecule has 0 bridgehead atoms. The number of rotatable bonds is 0. The summed E-state index contributed by atoms with van der Waals surface area (Å²) in [5.74, 6) is 0.175. The van der Waals surface area contributed by atoms with E-state index < -0.39 is 11.7 Å². The van der Waals surface area contributed by atoms with Gasteiger partial charge < -0.3 is 5.32 Å². The maximum Gasteiger partial charge on any atom is 0.416 e. The van der Waals surface area contributed by atoms with Gasteiger partial charge in [-0.15, -0.1) is 0 Å². The first kappa shape index (κ1) is 11.3. The number of benzene rings is 1. The molecular formula is C12H14F3N. The highest BCUT2D eigenvalue weighted by atomic mass is 19.4. The van der Waals surface area contributed by atoms with Gasteiger partial charge in [0.2, 0.25) is 0 Å². The summed E-state index contributed by atoms with van der Waals surface area (Å²) in [5.41, 5.74) is 1.04. The molecule has 0 spiro atoms. The van der Waals surface area contributed by atoms with Crippen LogP contribution in [0.4, 0.5) is 18.9 Å². The molecule has 1 aliphatic heterocycles. The molecule has 88 valence electrons. The Labute approximate surface area is 92.7 Å². The third-order valence-corrected chi connectivity index (χ3v) is 3.02. The molecule has 1 aliphatic rings. The molecule has 0 fully saturated rings. The molecule has 0 aliphatic carbocycles. The smallest absolute Gasteiger partial charge is 0.382 e. The van der Waals surface area contributed by atoms with Gasteiger partial charge in [-0.2, -0.15) is 13.2 Å². The van der Waals surface area contributed by atoms with Gasteiger partial charge in [0.1, 0.15) is 0 Å². The lowest BCUT2D eigenvalue weighted by Gasteiger charge is -2.29. The quantitative estimate of drug-likeness (QED) is 0.708. The molecule has 0 radical (unpaired) electrons. The molecule has 0 amide bonds. The molecule has 0 saturated carbocycles. The van der Waals surface area contributed by atoms with Crippen molar-refractivity contribution in [2.24, 2.45) is 0 Å². The SMILES string of the molecule is CC1CC(C)c2cc(C(F)(F)F)ccc2N1. The number of alkyl halides is 3. The fourth-order valence-corrected chi connectivity index (χ4v) is 2.26. The average molecular weight is 229 g/mol. The van der Waals surface area contributed by atoms with Crippen LogP contribution in [-0.4, -0.2) is 6.04 Å². The first-order chi connectivity index (χ1) is 7.38. The van der Waals surface area contributed by atoms with E-state index in [1.807, 2.05) is 13.8 Å². The second-order valence-electron chi connectivity index (χ2n) is 4.48. The van der Waals surface area contributed by atoms with Gasteiger partial charge >= 0.3 is 6.18 Å². The zero-order chi connectivity index (χ0) is 11.9. The number of halogens is 3. The maximum absolute atomic E-state index is 12.5. The summed E-state index contributed by atoms with van der Waals surface area (Å²) in [6.07, 6.45) is -3.38. The largest absolute Gasteiger partial charge is 0.416 e. The Balaban J connectivity index is 2.42. The standard InChI is InChI=1S/C12H14F3N/c1-7-5-8(2)16-11-4-3-9(6-10(7)11)12(13,14)15/h3-4,6-8,16H,5H2,1-2H3. The van der Waals surface area contributed by atoms with Gasteiger partial charge in [-0.1, -0.05) is 6.92 Å². The average Bonchev–Trinajstić information content (AvgIpc) is 2.15. The van der Waals surface area contributed by atoms with Crippen LogP contribution in [0.2, 0.25) is 0 Å². The van der Waals surface area contributed by atoms with Gasteiger partial charge in [0.25, 0.3) is 0 Å². The van der Waals surface area contributed by atoms with Gasteiger partial charge in [-0.05, 0) is 43.0 Å². The molecule has 1 heterocycles. The van der Waals surface area contributed by atoms with Crippen LogP contribution in [0.15, 0.2) is 18.2 Å². The van der Waals surface area contributed by atoms with Crippen LogP contribution in [0.1, 0.15) is 37.3 Å². The van der Waals surface area contributed by atoms with Crippen molar-refractivity contribution in [2.75, 3.05) is 5.32 Å². The number of hydrogen-bond acceptors (Lipinski definition) is 1. The minimum atomic E-state index is -4.25. The van der Waals surface area contributed by atoms with E-state index in [4.69, 9.17) is 0 Å². The van der Waals surface area contributed by atoms with Crippen LogP contribution in [-0.2, 0) is 6.18 Å². The Morgan fingerprint density at radius 3 is 2.56 bits per heavy atom.